The van der Waals surface area contributed by atoms with Crippen LogP contribution in [0.25, 0.3) is 0 Å². The Balaban J connectivity index is 2.34. The van der Waals surface area contributed by atoms with Gasteiger partial charge < -0.3 is 10.0 Å². The molecule has 2 atom stereocenters. The highest BCUT2D eigenvalue weighted by Crippen LogP contribution is 2.28. The van der Waals surface area contributed by atoms with E-state index in [1.165, 1.54) is 13.0 Å². The number of Topliss-reactive ketones (excluding diaryl/α,β-unsaturated/α-hetero) is 1. The molecule has 1 aliphatic heterocycles. The lowest BCUT2D eigenvalue weighted by Gasteiger charge is -2.36. The van der Waals surface area contributed by atoms with Gasteiger partial charge in [0.15, 0.2) is 5.78 Å². The second-order valence-corrected chi connectivity index (χ2v) is 4.97. The van der Waals surface area contributed by atoms with E-state index in [2.05, 4.69) is 0 Å². The molecule has 2 unspecified atom stereocenters. The quantitative estimate of drug-likeness (QED) is 0.819. The number of halogens is 1. The van der Waals surface area contributed by atoms with Crippen LogP contribution in [0.5, 0.6) is 0 Å². The van der Waals surface area contributed by atoms with Crippen LogP contribution in [0.15, 0.2) is 18.2 Å². The summed E-state index contributed by atoms with van der Waals surface area (Å²) in [4.78, 5) is 13.5. The maximum absolute atomic E-state index is 13.7. The van der Waals surface area contributed by atoms with Crippen LogP contribution in [0.3, 0.4) is 0 Å². The van der Waals surface area contributed by atoms with E-state index in [0.717, 1.165) is 0 Å². The Morgan fingerprint density at radius 3 is 2.83 bits per heavy atom. The van der Waals surface area contributed by atoms with Crippen LogP contribution in [0, 0.1) is 11.7 Å². The molecule has 1 aromatic rings. The summed E-state index contributed by atoms with van der Waals surface area (Å²) in [6.07, 6.45) is 0.338. The molecule has 1 saturated heterocycles. The number of carbonyl (C=O) groups is 1. The maximum Gasteiger partial charge on any atom is 0.164 e. The molecule has 1 aromatic carbocycles. The minimum absolute atomic E-state index is 0.127. The smallest absolute Gasteiger partial charge is 0.164 e. The fourth-order valence-corrected chi connectivity index (χ4v) is 2.48. The lowest BCUT2D eigenvalue weighted by Crippen LogP contribution is -2.42. The molecule has 0 aromatic heterocycles. The minimum atomic E-state index is -0.473. The Labute approximate surface area is 106 Å². The van der Waals surface area contributed by atoms with Crippen LogP contribution in [-0.2, 0) is 0 Å². The fourth-order valence-electron chi connectivity index (χ4n) is 2.48. The molecule has 0 bridgehead atoms. The van der Waals surface area contributed by atoms with Gasteiger partial charge in [0.25, 0.3) is 0 Å². The zero-order chi connectivity index (χ0) is 13.3. The summed E-state index contributed by atoms with van der Waals surface area (Å²) >= 11 is 0. The Bertz CT molecular complexity index is 461. The Morgan fingerprint density at radius 2 is 2.22 bits per heavy atom. The van der Waals surface area contributed by atoms with Crippen molar-refractivity contribution in [3.63, 3.8) is 0 Å². The Hall–Kier alpha value is -1.42. The number of ketones is 1. The zero-order valence-electron chi connectivity index (χ0n) is 10.7. The van der Waals surface area contributed by atoms with Gasteiger partial charge in [0.05, 0.1) is 17.4 Å². The normalized spacial score (nSPS) is 24.1. The van der Waals surface area contributed by atoms with Crippen molar-refractivity contribution in [2.45, 2.75) is 26.4 Å². The van der Waals surface area contributed by atoms with Gasteiger partial charge in [-0.1, -0.05) is 13.0 Å². The molecule has 18 heavy (non-hydrogen) atoms. The third-order valence-electron chi connectivity index (χ3n) is 3.54. The second kappa shape index (κ2) is 5.06. The molecule has 1 N–H and O–H groups in total. The monoisotopic (exact) mass is 251 g/mol. The van der Waals surface area contributed by atoms with Gasteiger partial charge in [-0.25, -0.2) is 4.39 Å². The molecular formula is C14H18FNO2. The average Bonchev–Trinajstić information content (AvgIpc) is 2.32. The molecular weight excluding hydrogens is 233 g/mol. The highest BCUT2D eigenvalue weighted by Gasteiger charge is 2.27. The van der Waals surface area contributed by atoms with Gasteiger partial charge in [0.2, 0.25) is 0 Å². The van der Waals surface area contributed by atoms with Gasteiger partial charge in [-0.05, 0) is 31.4 Å². The summed E-state index contributed by atoms with van der Waals surface area (Å²) in [6, 6.07) is 4.69. The van der Waals surface area contributed by atoms with Gasteiger partial charge in [0.1, 0.15) is 5.82 Å². The first-order valence-electron chi connectivity index (χ1n) is 6.23. The van der Waals surface area contributed by atoms with E-state index < -0.39 is 5.82 Å². The molecule has 98 valence electrons. The van der Waals surface area contributed by atoms with Crippen LogP contribution in [-0.4, -0.2) is 30.1 Å². The van der Waals surface area contributed by atoms with Crippen LogP contribution in [0.2, 0.25) is 0 Å². The molecule has 0 saturated carbocycles. The van der Waals surface area contributed by atoms with Crippen LogP contribution in [0.4, 0.5) is 10.1 Å². The van der Waals surface area contributed by atoms with Crippen molar-refractivity contribution < 1.29 is 14.3 Å². The summed E-state index contributed by atoms with van der Waals surface area (Å²) in [5.74, 6) is -0.609. The largest absolute Gasteiger partial charge is 0.393 e. The van der Waals surface area contributed by atoms with Crippen molar-refractivity contribution in [1.29, 1.82) is 0 Å². The standard InChI is InChI=1S/C14H18FNO2/c1-9-8-16(7-6-13(9)18)12-5-3-4-11(15)14(12)10(2)17/h3-5,9,13,18H,6-8H2,1-2H3. The van der Waals surface area contributed by atoms with Crippen molar-refractivity contribution in [2.75, 3.05) is 18.0 Å². The number of piperidine rings is 1. The fraction of sp³-hybridized carbons (Fsp3) is 0.500. The summed E-state index contributed by atoms with van der Waals surface area (Å²) < 4.78 is 13.7. The van der Waals surface area contributed by atoms with E-state index in [-0.39, 0.29) is 23.4 Å². The minimum Gasteiger partial charge on any atom is -0.393 e. The first-order valence-corrected chi connectivity index (χ1v) is 6.23. The van der Waals surface area contributed by atoms with E-state index in [0.29, 0.717) is 25.2 Å². The van der Waals surface area contributed by atoms with Crippen LogP contribution >= 0.6 is 0 Å². The predicted octanol–water partition coefficient (Wildman–Crippen LogP) is 2.24. The molecule has 0 amide bonds. The lowest BCUT2D eigenvalue weighted by molar-refractivity contribution is 0.0966. The number of hydrogen-bond donors (Lipinski definition) is 1. The molecule has 1 fully saturated rings. The molecule has 0 aliphatic carbocycles. The third kappa shape index (κ3) is 2.38. The Kier molecular flexibility index (Phi) is 3.66. The van der Waals surface area contributed by atoms with Gasteiger partial charge in [-0.2, -0.15) is 0 Å². The van der Waals surface area contributed by atoms with Gasteiger partial charge >= 0.3 is 0 Å². The lowest BCUT2D eigenvalue weighted by atomic mass is 9.95. The SMILES string of the molecule is CC(=O)c1c(F)cccc1N1CCC(O)C(C)C1. The first-order chi connectivity index (χ1) is 8.50. The molecule has 1 aliphatic rings. The number of anilines is 1. The number of carbonyl (C=O) groups excluding carboxylic acids is 1. The van der Waals surface area contributed by atoms with Crippen molar-refractivity contribution in [3.05, 3.63) is 29.6 Å². The van der Waals surface area contributed by atoms with E-state index in [4.69, 9.17) is 0 Å². The summed E-state index contributed by atoms with van der Waals surface area (Å²) in [5.41, 5.74) is 0.794. The van der Waals surface area contributed by atoms with Crippen molar-refractivity contribution in [2.24, 2.45) is 5.92 Å². The van der Waals surface area contributed by atoms with Crippen molar-refractivity contribution >= 4 is 11.5 Å². The van der Waals surface area contributed by atoms with Crippen LogP contribution < -0.4 is 4.90 Å². The topological polar surface area (TPSA) is 40.5 Å². The molecule has 0 radical (unpaired) electrons. The van der Waals surface area contributed by atoms with Crippen molar-refractivity contribution in [1.82, 2.24) is 0 Å². The number of hydrogen-bond acceptors (Lipinski definition) is 3. The summed E-state index contributed by atoms with van der Waals surface area (Å²) in [6.45, 7) is 4.63. The van der Waals surface area contributed by atoms with E-state index >= 15 is 0 Å². The summed E-state index contributed by atoms with van der Waals surface area (Å²) in [7, 11) is 0. The first kappa shape index (κ1) is 13.0. The van der Waals surface area contributed by atoms with Crippen LogP contribution in [0.1, 0.15) is 30.6 Å². The van der Waals surface area contributed by atoms with Gasteiger partial charge in [-0.3, -0.25) is 4.79 Å². The highest BCUT2D eigenvalue weighted by molar-refractivity contribution is 6.00. The number of benzene rings is 1. The average molecular weight is 251 g/mol. The number of aliphatic hydroxyl groups excluding tert-OH is 1. The molecule has 4 heteroatoms. The molecule has 2 rings (SSSR count). The molecule has 0 spiro atoms. The van der Waals surface area contributed by atoms with E-state index in [9.17, 15) is 14.3 Å². The van der Waals surface area contributed by atoms with Gasteiger partial charge in [0, 0.05) is 13.1 Å². The third-order valence-corrected chi connectivity index (χ3v) is 3.54. The number of aliphatic hydroxyl groups is 1. The zero-order valence-corrected chi connectivity index (χ0v) is 10.7. The highest BCUT2D eigenvalue weighted by atomic mass is 19.1. The maximum atomic E-state index is 13.7. The molecule has 1 heterocycles. The number of nitrogens with zero attached hydrogens (tertiary/aromatic N) is 1. The Morgan fingerprint density at radius 1 is 1.50 bits per heavy atom. The summed E-state index contributed by atoms with van der Waals surface area (Å²) in [5, 5.41) is 9.71. The second-order valence-electron chi connectivity index (χ2n) is 4.97. The predicted molar refractivity (Wildman–Crippen MR) is 68.4 cm³/mol. The number of rotatable bonds is 2. The van der Waals surface area contributed by atoms with Crippen molar-refractivity contribution in [3.8, 4) is 0 Å². The van der Waals surface area contributed by atoms with Gasteiger partial charge in [-0.15, -0.1) is 0 Å². The van der Waals surface area contributed by atoms with E-state index in [1.54, 1.807) is 12.1 Å². The molecule has 3 nitrogen and oxygen atoms in total. The van der Waals surface area contributed by atoms with E-state index in [1.807, 2.05) is 11.8 Å².